The lowest BCUT2D eigenvalue weighted by atomic mass is 10.1. The van der Waals surface area contributed by atoms with Crippen molar-refractivity contribution in [1.29, 1.82) is 0 Å². The van der Waals surface area contributed by atoms with E-state index in [0.29, 0.717) is 11.8 Å². The Morgan fingerprint density at radius 1 is 1.29 bits per heavy atom. The fourth-order valence-electron chi connectivity index (χ4n) is 1.90. The number of benzene rings is 1. The zero-order valence-corrected chi connectivity index (χ0v) is 12.8. The summed E-state index contributed by atoms with van der Waals surface area (Å²) < 4.78 is 38.2. The van der Waals surface area contributed by atoms with Crippen LogP contribution in [0.1, 0.15) is 27.4 Å². The van der Waals surface area contributed by atoms with Crippen LogP contribution in [-0.4, -0.2) is 15.9 Å². The number of rotatable bonds is 4. The minimum absolute atomic E-state index is 0.0358. The quantitative estimate of drug-likeness (QED) is 0.774. The summed E-state index contributed by atoms with van der Waals surface area (Å²) in [5.41, 5.74) is 3.97. The molecule has 1 amide bonds. The first-order valence-electron chi connectivity index (χ1n) is 6.64. The molecule has 0 fully saturated rings. The Bertz CT molecular complexity index is 820. The summed E-state index contributed by atoms with van der Waals surface area (Å²) in [7, 11) is 0. The van der Waals surface area contributed by atoms with E-state index in [1.165, 1.54) is 6.07 Å². The van der Waals surface area contributed by atoms with Gasteiger partial charge in [0.15, 0.2) is 0 Å². The van der Waals surface area contributed by atoms with Crippen LogP contribution < -0.4 is 16.6 Å². The molecule has 0 aliphatic heterocycles. The van der Waals surface area contributed by atoms with Gasteiger partial charge in [-0.05, 0) is 18.2 Å². The van der Waals surface area contributed by atoms with Crippen LogP contribution in [0.4, 0.5) is 13.2 Å². The number of halogens is 4. The lowest BCUT2D eigenvalue weighted by Gasteiger charge is -2.10. The molecule has 2 rings (SSSR count). The van der Waals surface area contributed by atoms with Crippen molar-refractivity contribution in [1.82, 2.24) is 15.3 Å². The average molecular weight is 361 g/mol. The van der Waals surface area contributed by atoms with Crippen LogP contribution in [0.2, 0.25) is 5.02 Å². The molecule has 4 N–H and O–H groups in total. The molecule has 0 spiro atoms. The van der Waals surface area contributed by atoms with Crippen molar-refractivity contribution in [3.8, 4) is 0 Å². The fourth-order valence-corrected chi connectivity index (χ4v) is 2.14. The Kier molecular flexibility index (Phi) is 5.25. The van der Waals surface area contributed by atoms with Gasteiger partial charge in [0.05, 0.1) is 17.8 Å². The van der Waals surface area contributed by atoms with Crippen LogP contribution in [0.15, 0.2) is 29.1 Å². The molecule has 0 radical (unpaired) electrons. The third-order valence-electron chi connectivity index (χ3n) is 2.96. The van der Waals surface area contributed by atoms with Crippen LogP contribution in [0.5, 0.6) is 0 Å². The normalized spacial score (nSPS) is 11.4. The van der Waals surface area contributed by atoms with E-state index in [9.17, 15) is 22.8 Å². The number of alkyl halides is 3. The van der Waals surface area contributed by atoms with Crippen molar-refractivity contribution in [2.75, 3.05) is 0 Å². The van der Waals surface area contributed by atoms with Gasteiger partial charge in [0, 0.05) is 23.2 Å². The zero-order valence-electron chi connectivity index (χ0n) is 12.1. The highest BCUT2D eigenvalue weighted by molar-refractivity contribution is 6.31. The molecule has 1 aromatic heterocycles. The molecule has 0 unspecified atom stereocenters. The third-order valence-corrected chi connectivity index (χ3v) is 3.17. The standard InChI is InChI=1S/C14H12ClF3N4O2/c15-9-2-7(1-8(3-9)14(16,17)18)13(24)20-6-11-21-10(5-19)4-12(23)22-11/h1-4H,5-6,19H2,(H,20,24)(H,21,22,23). The summed E-state index contributed by atoms with van der Waals surface area (Å²) in [4.78, 5) is 29.8. The fraction of sp³-hybridized carbons (Fsp3) is 0.214. The van der Waals surface area contributed by atoms with Gasteiger partial charge >= 0.3 is 6.18 Å². The van der Waals surface area contributed by atoms with E-state index in [1.54, 1.807) is 0 Å². The SMILES string of the molecule is NCc1cc(=O)[nH]c(CNC(=O)c2cc(Cl)cc(C(F)(F)F)c2)n1. The van der Waals surface area contributed by atoms with Gasteiger partial charge in [-0.3, -0.25) is 9.59 Å². The highest BCUT2D eigenvalue weighted by Gasteiger charge is 2.31. The van der Waals surface area contributed by atoms with E-state index in [2.05, 4.69) is 15.3 Å². The van der Waals surface area contributed by atoms with Crippen molar-refractivity contribution in [3.05, 3.63) is 62.3 Å². The van der Waals surface area contributed by atoms with E-state index in [0.717, 1.165) is 12.1 Å². The first-order valence-corrected chi connectivity index (χ1v) is 7.02. The van der Waals surface area contributed by atoms with Crippen molar-refractivity contribution in [2.45, 2.75) is 19.3 Å². The summed E-state index contributed by atoms with van der Waals surface area (Å²) in [6, 6.07) is 3.73. The lowest BCUT2D eigenvalue weighted by Crippen LogP contribution is -2.26. The maximum absolute atomic E-state index is 12.7. The van der Waals surface area contributed by atoms with E-state index < -0.39 is 23.2 Å². The maximum atomic E-state index is 12.7. The van der Waals surface area contributed by atoms with E-state index in [4.69, 9.17) is 17.3 Å². The molecule has 0 bridgehead atoms. The van der Waals surface area contributed by atoms with Crippen LogP contribution in [0.3, 0.4) is 0 Å². The number of amides is 1. The zero-order chi connectivity index (χ0) is 17.9. The first-order chi connectivity index (χ1) is 11.2. The second-order valence-corrected chi connectivity index (χ2v) is 5.23. The predicted octanol–water partition coefficient (Wildman–Crippen LogP) is 1.83. The number of carbonyl (C=O) groups is 1. The van der Waals surface area contributed by atoms with Gasteiger partial charge in [-0.1, -0.05) is 11.6 Å². The summed E-state index contributed by atoms with van der Waals surface area (Å²) in [6.45, 7) is -0.149. The molecule has 10 heteroatoms. The molecule has 2 aromatic rings. The van der Waals surface area contributed by atoms with Crippen molar-refractivity contribution < 1.29 is 18.0 Å². The number of H-pyrrole nitrogens is 1. The molecule has 24 heavy (non-hydrogen) atoms. The highest BCUT2D eigenvalue weighted by Crippen LogP contribution is 2.31. The number of aromatic amines is 1. The molecule has 0 aliphatic carbocycles. The highest BCUT2D eigenvalue weighted by atomic mass is 35.5. The number of nitrogens with one attached hydrogen (secondary N) is 2. The van der Waals surface area contributed by atoms with Crippen LogP contribution >= 0.6 is 11.6 Å². The van der Waals surface area contributed by atoms with Gasteiger partial charge < -0.3 is 16.0 Å². The molecule has 0 saturated carbocycles. The third kappa shape index (κ3) is 4.56. The molecule has 128 valence electrons. The van der Waals surface area contributed by atoms with Gasteiger partial charge in [0.1, 0.15) is 5.82 Å². The van der Waals surface area contributed by atoms with Gasteiger partial charge in [-0.2, -0.15) is 13.2 Å². The van der Waals surface area contributed by atoms with Gasteiger partial charge in [0.2, 0.25) is 0 Å². The van der Waals surface area contributed by atoms with Gasteiger partial charge in [-0.25, -0.2) is 4.98 Å². The number of carbonyl (C=O) groups excluding carboxylic acids is 1. The monoisotopic (exact) mass is 360 g/mol. The Morgan fingerprint density at radius 2 is 2.00 bits per heavy atom. The molecular formula is C14H12ClF3N4O2. The molecule has 0 aliphatic rings. The number of hydrogen-bond acceptors (Lipinski definition) is 4. The summed E-state index contributed by atoms with van der Waals surface area (Å²) >= 11 is 5.62. The second-order valence-electron chi connectivity index (χ2n) is 4.80. The van der Waals surface area contributed by atoms with E-state index >= 15 is 0 Å². The van der Waals surface area contributed by atoms with E-state index in [1.807, 2.05) is 0 Å². The minimum atomic E-state index is -4.62. The largest absolute Gasteiger partial charge is 0.416 e. The van der Waals surface area contributed by atoms with Crippen molar-refractivity contribution in [3.63, 3.8) is 0 Å². The van der Waals surface area contributed by atoms with Crippen molar-refractivity contribution in [2.24, 2.45) is 5.73 Å². The average Bonchev–Trinajstić information content (AvgIpc) is 2.50. The number of nitrogens with zero attached hydrogens (tertiary/aromatic N) is 1. The Labute approximate surface area is 138 Å². The number of aromatic nitrogens is 2. The smallest absolute Gasteiger partial charge is 0.345 e. The summed E-state index contributed by atoms with van der Waals surface area (Å²) in [5.74, 6) is -0.654. The van der Waals surface area contributed by atoms with Gasteiger partial charge in [-0.15, -0.1) is 0 Å². The maximum Gasteiger partial charge on any atom is 0.416 e. The molecule has 0 saturated heterocycles. The Hall–Kier alpha value is -2.39. The number of nitrogens with two attached hydrogens (primary N) is 1. The number of hydrogen-bond donors (Lipinski definition) is 3. The van der Waals surface area contributed by atoms with Crippen LogP contribution in [0.25, 0.3) is 0 Å². The molecule has 1 aromatic carbocycles. The topological polar surface area (TPSA) is 101 Å². The summed E-state index contributed by atoms with van der Waals surface area (Å²) in [6.07, 6.45) is -4.62. The first kappa shape index (κ1) is 18.0. The second kappa shape index (κ2) is 7.02. The van der Waals surface area contributed by atoms with Crippen LogP contribution in [-0.2, 0) is 19.3 Å². The molecule has 1 heterocycles. The summed E-state index contributed by atoms with van der Waals surface area (Å²) in [5, 5.41) is 2.15. The van der Waals surface area contributed by atoms with E-state index in [-0.39, 0.29) is 29.5 Å². The minimum Gasteiger partial charge on any atom is -0.345 e. The molecule has 0 atom stereocenters. The van der Waals surface area contributed by atoms with Crippen molar-refractivity contribution >= 4 is 17.5 Å². The molecule has 6 nitrogen and oxygen atoms in total. The Morgan fingerprint density at radius 3 is 2.62 bits per heavy atom. The predicted molar refractivity (Wildman–Crippen MR) is 80.4 cm³/mol. The van der Waals surface area contributed by atoms with Crippen LogP contribution in [0, 0.1) is 0 Å². The lowest BCUT2D eigenvalue weighted by molar-refractivity contribution is -0.137. The Balaban J connectivity index is 2.17. The van der Waals surface area contributed by atoms with Gasteiger partial charge in [0.25, 0.3) is 11.5 Å². The molecular weight excluding hydrogens is 349 g/mol.